The summed E-state index contributed by atoms with van der Waals surface area (Å²) in [5.41, 5.74) is 4.35. The highest BCUT2D eigenvalue weighted by atomic mass is 16.5. The van der Waals surface area contributed by atoms with Crippen LogP contribution in [0.25, 0.3) is 48.4 Å². The third-order valence-electron chi connectivity index (χ3n) is 6.96. The molecule has 3 heteroatoms. The van der Waals surface area contributed by atoms with Gasteiger partial charge in [0.15, 0.2) is 6.20 Å². The van der Waals surface area contributed by atoms with Crippen molar-refractivity contribution in [2.45, 2.75) is 32.7 Å². The molecule has 1 aliphatic rings. The number of nitrogens with zero attached hydrogens (tertiary/aromatic N) is 2. The van der Waals surface area contributed by atoms with Crippen molar-refractivity contribution in [2.75, 3.05) is 0 Å². The van der Waals surface area contributed by atoms with Crippen molar-refractivity contribution in [3.63, 3.8) is 0 Å². The lowest BCUT2D eigenvalue weighted by Crippen LogP contribution is -2.31. The van der Waals surface area contributed by atoms with Gasteiger partial charge in [0.25, 0.3) is 0 Å². The van der Waals surface area contributed by atoms with E-state index < -0.39 is 5.54 Å². The molecule has 5 aromatic rings. The van der Waals surface area contributed by atoms with Gasteiger partial charge in [0.2, 0.25) is 11.2 Å². The maximum Gasteiger partial charge on any atom is 0.231 e. The van der Waals surface area contributed by atoms with Gasteiger partial charge in [0, 0.05) is 25.3 Å². The molecule has 0 aliphatic carbocycles. The molecule has 160 valence electrons. The molecule has 3 nitrogen and oxygen atoms in total. The second kappa shape index (κ2) is 6.80. The Morgan fingerprint density at radius 2 is 1.67 bits per heavy atom. The number of aromatic nitrogens is 1. The van der Waals surface area contributed by atoms with E-state index in [0.717, 1.165) is 27.8 Å². The highest BCUT2D eigenvalue weighted by Crippen LogP contribution is 2.50. The van der Waals surface area contributed by atoms with E-state index in [4.69, 9.17) is 11.3 Å². The fourth-order valence-electron chi connectivity index (χ4n) is 5.41. The van der Waals surface area contributed by atoms with Gasteiger partial charge in [-0.2, -0.15) is 0 Å². The number of fused-ring (bicyclic) bond motifs is 5. The highest BCUT2D eigenvalue weighted by Gasteiger charge is 2.32. The molecular weight excluding hydrogens is 404 g/mol. The van der Waals surface area contributed by atoms with Crippen LogP contribution in [0, 0.1) is 13.5 Å². The van der Waals surface area contributed by atoms with Gasteiger partial charge >= 0.3 is 0 Å². The second-order valence-corrected chi connectivity index (χ2v) is 9.75. The molecule has 0 saturated carbocycles. The van der Waals surface area contributed by atoms with E-state index in [1.54, 1.807) is 0 Å². The van der Waals surface area contributed by atoms with Crippen molar-refractivity contribution < 1.29 is 9.30 Å². The van der Waals surface area contributed by atoms with Crippen LogP contribution < -0.4 is 9.30 Å². The molecule has 4 aromatic carbocycles. The van der Waals surface area contributed by atoms with Gasteiger partial charge in [-0.25, -0.2) is 11.1 Å². The van der Waals surface area contributed by atoms with Gasteiger partial charge in [-0.15, -0.1) is 0 Å². The number of ether oxygens (including phenoxy) is 1. The number of hydrogen-bond acceptors (Lipinski definition) is 1. The van der Waals surface area contributed by atoms with Crippen LogP contribution in [0.15, 0.2) is 66.9 Å². The average Bonchev–Trinajstić information content (AvgIpc) is 2.80. The average molecular weight is 430 g/mol. The SMILES string of the molecule is [C-]#[N+]C(C)(C)Cc1cccc2cc3c4c([n+](C)ccc4c12)-c1c(cc2ccccc2c1C)O3. The number of benzene rings is 4. The Morgan fingerprint density at radius 3 is 2.48 bits per heavy atom. The summed E-state index contributed by atoms with van der Waals surface area (Å²) in [5.74, 6) is 1.80. The van der Waals surface area contributed by atoms with E-state index >= 15 is 0 Å². The normalized spacial score (nSPS) is 12.6. The molecule has 0 unspecified atom stereocenters. The van der Waals surface area contributed by atoms with E-state index in [0.29, 0.717) is 6.42 Å². The fraction of sp³-hybridized carbons (Fsp3) is 0.200. The van der Waals surface area contributed by atoms with Crippen molar-refractivity contribution in [1.82, 2.24) is 0 Å². The summed E-state index contributed by atoms with van der Waals surface area (Å²) < 4.78 is 8.82. The molecule has 0 atom stereocenters. The zero-order chi connectivity index (χ0) is 22.9. The van der Waals surface area contributed by atoms with Crippen molar-refractivity contribution in [2.24, 2.45) is 7.05 Å². The molecule has 0 amide bonds. The minimum Gasteiger partial charge on any atom is -0.456 e. The molecule has 0 spiro atoms. The first kappa shape index (κ1) is 19.8. The molecule has 0 radical (unpaired) electrons. The van der Waals surface area contributed by atoms with Crippen LogP contribution in [0.1, 0.15) is 25.0 Å². The van der Waals surface area contributed by atoms with Gasteiger partial charge < -0.3 is 9.58 Å². The predicted molar refractivity (Wildman–Crippen MR) is 135 cm³/mol. The van der Waals surface area contributed by atoms with Crippen molar-refractivity contribution in [1.29, 1.82) is 0 Å². The third-order valence-corrected chi connectivity index (χ3v) is 6.96. The topological polar surface area (TPSA) is 17.5 Å². The van der Waals surface area contributed by atoms with E-state index in [2.05, 4.69) is 90.2 Å². The summed E-state index contributed by atoms with van der Waals surface area (Å²) in [6, 6.07) is 21.4. The summed E-state index contributed by atoms with van der Waals surface area (Å²) in [6.07, 6.45) is 2.86. The summed E-state index contributed by atoms with van der Waals surface area (Å²) in [4.78, 5) is 3.87. The molecule has 1 aliphatic heterocycles. The molecule has 0 N–H and O–H groups in total. The molecule has 0 fully saturated rings. The van der Waals surface area contributed by atoms with Crippen molar-refractivity contribution in [3.05, 3.63) is 89.4 Å². The van der Waals surface area contributed by atoms with E-state index in [9.17, 15) is 0 Å². The quantitative estimate of drug-likeness (QED) is 0.160. The van der Waals surface area contributed by atoms with Crippen molar-refractivity contribution >= 4 is 32.3 Å². The Bertz CT molecular complexity index is 1670. The molecule has 0 bridgehead atoms. The summed E-state index contributed by atoms with van der Waals surface area (Å²) >= 11 is 0. The van der Waals surface area contributed by atoms with Crippen molar-refractivity contribution in [3.8, 4) is 22.8 Å². The van der Waals surface area contributed by atoms with E-state index in [1.165, 1.54) is 38.4 Å². The summed E-state index contributed by atoms with van der Waals surface area (Å²) in [6.45, 7) is 13.9. The lowest BCUT2D eigenvalue weighted by atomic mass is 9.87. The molecule has 33 heavy (non-hydrogen) atoms. The first-order valence-electron chi connectivity index (χ1n) is 11.3. The smallest absolute Gasteiger partial charge is 0.231 e. The molecular formula is C30H25N2O+. The zero-order valence-corrected chi connectivity index (χ0v) is 19.4. The standard InChI is InChI=1S/C30H25N2O/c1-18-22-12-7-6-9-19(22)15-24-26(18)29-28-23(13-14-32(29)5)27-20(16-25(28)33-24)10-8-11-21(27)17-30(2,3)31-4/h6-16H,17H2,1-3,5H3/q+1. The Balaban J connectivity index is 1.75. The Kier molecular flexibility index (Phi) is 4.07. The van der Waals surface area contributed by atoms with Crippen LogP contribution in [-0.4, -0.2) is 5.54 Å². The van der Waals surface area contributed by atoms with E-state index in [1.807, 2.05) is 13.8 Å². The Morgan fingerprint density at radius 1 is 0.909 bits per heavy atom. The van der Waals surface area contributed by atoms with Crippen LogP contribution in [0.3, 0.4) is 0 Å². The lowest BCUT2D eigenvalue weighted by molar-refractivity contribution is -0.659. The molecule has 2 heterocycles. The minimum absolute atomic E-state index is 0.447. The van der Waals surface area contributed by atoms with Gasteiger partial charge in [-0.3, -0.25) is 0 Å². The van der Waals surface area contributed by atoms with Crippen LogP contribution in [0.4, 0.5) is 0 Å². The van der Waals surface area contributed by atoms with Gasteiger partial charge in [0.05, 0.1) is 17.4 Å². The molecule has 6 rings (SSSR count). The fourth-order valence-corrected chi connectivity index (χ4v) is 5.41. The largest absolute Gasteiger partial charge is 0.456 e. The minimum atomic E-state index is -0.447. The summed E-state index contributed by atoms with van der Waals surface area (Å²) in [7, 11) is 2.11. The first-order valence-corrected chi connectivity index (χ1v) is 11.3. The number of pyridine rings is 1. The van der Waals surface area contributed by atoms with Gasteiger partial charge in [-0.05, 0) is 51.7 Å². The predicted octanol–water partition coefficient (Wildman–Crippen LogP) is 7.29. The number of hydrogen-bond donors (Lipinski definition) is 0. The Labute approximate surface area is 193 Å². The monoisotopic (exact) mass is 429 g/mol. The number of rotatable bonds is 2. The Hall–Kier alpha value is -3.90. The van der Waals surface area contributed by atoms with E-state index in [-0.39, 0.29) is 0 Å². The van der Waals surface area contributed by atoms with Crippen LogP contribution in [0.5, 0.6) is 11.5 Å². The number of aryl methyl sites for hydroxylation is 2. The lowest BCUT2D eigenvalue weighted by Gasteiger charge is -2.23. The zero-order valence-electron chi connectivity index (χ0n) is 19.4. The maximum absolute atomic E-state index is 7.63. The van der Waals surface area contributed by atoms with Gasteiger partial charge in [-0.1, -0.05) is 42.5 Å². The maximum atomic E-state index is 7.63. The second-order valence-electron chi connectivity index (χ2n) is 9.75. The molecule has 0 saturated heterocycles. The van der Waals surface area contributed by atoms with Crippen LogP contribution in [-0.2, 0) is 13.5 Å². The van der Waals surface area contributed by atoms with Gasteiger partial charge in [0.1, 0.15) is 18.5 Å². The van der Waals surface area contributed by atoms with Crippen LogP contribution >= 0.6 is 0 Å². The highest BCUT2D eigenvalue weighted by molar-refractivity contribution is 6.17. The van der Waals surface area contributed by atoms with Crippen LogP contribution in [0.2, 0.25) is 0 Å². The summed E-state index contributed by atoms with van der Waals surface area (Å²) in [5, 5.41) is 7.14. The first-order chi connectivity index (χ1) is 15.9. The molecule has 1 aromatic heterocycles. The third kappa shape index (κ3) is 2.84.